The predicted molar refractivity (Wildman–Crippen MR) is 103 cm³/mol. The highest BCUT2D eigenvalue weighted by molar-refractivity contribution is 5.91. The van der Waals surface area contributed by atoms with Gasteiger partial charge in [-0.1, -0.05) is 24.3 Å². The highest BCUT2D eigenvalue weighted by atomic mass is 16.2. The zero-order valence-electron chi connectivity index (χ0n) is 14.9. The number of hydrogen-bond donors (Lipinski definition) is 1. The van der Waals surface area contributed by atoms with Crippen molar-refractivity contribution in [1.29, 1.82) is 0 Å². The highest BCUT2D eigenvalue weighted by Crippen LogP contribution is 2.19. The number of carbonyl (C=O) groups excluding carboxylic acids is 1. The number of fused-ring (bicyclic) bond motifs is 1. The number of nitrogens with zero attached hydrogens (tertiary/aromatic N) is 4. The topological polar surface area (TPSA) is 80.1 Å². The summed E-state index contributed by atoms with van der Waals surface area (Å²) in [4.78, 5) is 31.3. The van der Waals surface area contributed by atoms with Gasteiger partial charge < -0.3 is 5.32 Å². The first-order valence-corrected chi connectivity index (χ1v) is 9.10. The van der Waals surface area contributed by atoms with Crippen molar-refractivity contribution in [1.82, 2.24) is 19.7 Å². The number of carbonyl (C=O) groups is 1. The van der Waals surface area contributed by atoms with Crippen molar-refractivity contribution in [2.24, 2.45) is 5.92 Å². The molecule has 0 saturated carbocycles. The van der Waals surface area contributed by atoms with Crippen LogP contribution in [0.1, 0.15) is 12.8 Å². The number of benzene rings is 1. The minimum atomic E-state index is -0.0804. The molecule has 3 heterocycles. The van der Waals surface area contributed by atoms with Gasteiger partial charge in [-0.3, -0.25) is 14.5 Å². The van der Waals surface area contributed by atoms with E-state index in [1.807, 2.05) is 36.4 Å². The molecule has 7 heteroatoms. The van der Waals surface area contributed by atoms with E-state index in [1.165, 1.54) is 4.68 Å². The SMILES string of the molecule is O=C(Nc1ccccn1)C1CCN(Cn2ncc3ccccc3c2=O)CC1. The monoisotopic (exact) mass is 363 g/mol. The fraction of sp³-hybridized carbons (Fsp3) is 0.300. The van der Waals surface area contributed by atoms with Crippen LogP contribution in [0.5, 0.6) is 0 Å². The lowest BCUT2D eigenvalue weighted by molar-refractivity contribution is -0.121. The van der Waals surface area contributed by atoms with Gasteiger partial charge in [0.25, 0.3) is 5.56 Å². The summed E-state index contributed by atoms with van der Waals surface area (Å²) in [5.41, 5.74) is -0.0804. The first-order chi connectivity index (χ1) is 13.2. The molecule has 0 aliphatic carbocycles. The highest BCUT2D eigenvalue weighted by Gasteiger charge is 2.25. The Labute approximate surface area is 156 Å². The Morgan fingerprint density at radius 2 is 1.89 bits per heavy atom. The molecule has 138 valence electrons. The average molecular weight is 363 g/mol. The van der Waals surface area contributed by atoms with Crippen LogP contribution in [0.4, 0.5) is 5.82 Å². The summed E-state index contributed by atoms with van der Waals surface area (Å²) in [6, 6.07) is 12.9. The minimum absolute atomic E-state index is 0.00865. The average Bonchev–Trinajstić information content (AvgIpc) is 2.71. The van der Waals surface area contributed by atoms with Gasteiger partial charge >= 0.3 is 0 Å². The van der Waals surface area contributed by atoms with Crippen molar-refractivity contribution in [3.8, 4) is 0 Å². The van der Waals surface area contributed by atoms with Gasteiger partial charge in [0.15, 0.2) is 0 Å². The Balaban J connectivity index is 1.36. The summed E-state index contributed by atoms with van der Waals surface area (Å²) in [5.74, 6) is 0.552. The largest absolute Gasteiger partial charge is 0.310 e. The molecular formula is C20H21N5O2. The second-order valence-corrected chi connectivity index (χ2v) is 6.77. The summed E-state index contributed by atoms with van der Waals surface area (Å²) < 4.78 is 1.50. The molecule has 1 amide bonds. The first kappa shape index (κ1) is 17.4. The second kappa shape index (κ2) is 7.67. The molecule has 3 aromatic rings. The van der Waals surface area contributed by atoms with Crippen molar-refractivity contribution in [2.45, 2.75) is 19.5 Å². The van der Waals surface area contributed by atoms with E-state index in [0.717, 1.165) is 31.3 Å². The quantitative estimate of drug-likeness (QED) is 0.768. The molecule has 1 aromatic carbocycles. The fourth-order valence-electron chi connectivity index (χ4n) is 3.42. The molecule has 1 N–H and O–H groups in total. The normalized spacial score (nSPS) is 15.7. The number of anilines is 1. The van der Waals surface area contributed by atoms with Crippen LogP contribution in [0.15, 0.2) is 59.7 Å². The third kappa shape index (κ3) is 3.88. The van der Waals surface area contributed by atoms with Gasteiger partial charge in [-0.25, -0.2) is 9.67 Å². The Morgan fingerprint density at radius 3 is 2.67 bits per heavy atom. The summed E-state index contributed by atoms with van der Waals surface area (Å²) in [6.07, 6.45) is 4.89. The molecule has 27 heavy (non-hydrogen) atoms. The van der Waals surface area contributed by atoms with Gasteiger partial charge in [-0.2, -0.15) is 5.10 Å². The lowest BCUT2D eigenvalue weighted by atomic mass is 9.96. The van der Waals surface area contributed by atoms with E-state index in [9.17, 15) is 9.59 Å². The molecule has 0 radical (unpaired) electrons. The lowest BCUT2D eigenvalue weighted by Gasteiger charge is -2.31. The summed E-state index contributed by atoms with van der Waals surface area (Å²) in [5, 5.41) is 8.68. The molecule has 4 rings (SSSR count). The van der Waals surface area contributed by atoms with Gasteiger partial charge in [0.2, 0.25) is 5.91 Å². The Kier molecular flexibility index (Phi) is 4.93. The molecule has 1 fully saturated rings. The van der Waals surface area contributed by atoms with Gasteiger partial charge in [-0.05, 0) is 31.0 Å². The Morgan fingerprint density at radius 1 is 1.11 bits per heavy atom. The molecule has 1 aliphatic rings. The van der Waals surface area contributed by atoms with Crippen molar-refractivity contribution in [2.75, 3.05) is 18.4 Å². The van der Waals surface area contributed by atoms with E-state index in [-0.39, 0.29) is 17.4 Å². The third-order valence-electron chi connectivity index (χ3n) is 4.97. The first-order valence-electron chi connectivity index (χ1n) is 9.10. The number of aromatic nitrogens is 3. The van der Waals surface area contributed by atoms with Crippen LogP contribution >= 0.6 is 0 Å². The molecule has 0 atom stereocenters. The maximum atomic E-state index is 12.6. The van der Waals surface area contributed by atoms with E-state index in [1.54, 1.807) is 18.5 Å². The van der Waals surface area contributed by atoms with Crippen LogP contribution in [0.25, 0.3) is 10.8 Å². The minimum Gasteiger partial charge on any atom is -0.310 e. The van der Waals surface area contributed by atoms with Crippen LogP contribution in [-0.2, 0) is 11.5 Å². The zero-order chi connectivity index (χ0) is 18.6. The van der Waals surface area contributed by atoms with Gasteiger partial charge in [0.05, 0.1) is 18.3 Å². The molecule has 7 nitrogen and oxygen atoms in total. The number of nitrogens with one attached hydrogen (secondary N) is 1. The maximum Gasteiger partial charge on any atom is 0.275 e. The number of pyridine rings is 1. The molecule has 1 saturated heterocycles. The van der Waals surface area contributed by atoms with Crippen LogP contribution in [0.3, 0.4) is 0 Å². The van der Waals surface area contributed by atoms with E-state index in [0.29, 0.717) is 17.9 Å². The van der Waals surface area contributed by atoms with E-state index >= 15 is 0 Å². The third-order valence-corrected chi connectivity index (χ3v) is 4.97. The van der Waals surface area contributed by atoms with Crippen LogP contribution in [0.2, 0.25) is 0 Å². The number of piperidine rings is 1. The number of likely N-dealkylation sites (tertiary alicyclic amines) is 1. The predicted octanol–water partition coefficient (Wildman–Crippen LogP) is 2.10. The molecule has 0 spiro atoms. The molecule has 0 bridgehead atoms. The molecule has 0 unspecified atom stereocenters. The fourth-order valence-corrected chi connectivity index (χ4v) is 3.42. The number of hydrogen-bond acceptors (Lipinski definition) is 5. The van der Waals surface area contributed by atoms with Gasteiger partial charge in [-0.15, -0.1) is 0 Å². The van der Waals surface area contributed by atoms with Crippen molar-refractivity contribution < 1.29 is 4.79 Å². The number of rotatable bonds is 4. The summed E-state index contributed by atoms with van der Waals surface area (Å²) in [7, 11) is 0. The van der Waals surface area contributed by atoms with E-state index in [4.69, 9.17) is 0 Å². The number of amides is 1. The van der Waals surface area contributed by atoms with Crippen LogP contribution in [-0.4, -0.2) is 38.7 Å². The lowest BCUT2D eigenvalue weighted by Crippen LogP contribution is -2.41. The van der Waals surface area contributed by atoms with Crippen molar-refractivity contribution in [3.63, 3.8) is 0 Å². The smallest absolute Gasteiger partial charge is 0.275 e. The Bertz CT molecular complexity index is 994. The summed E-state index contributed by atoms with van der Waals surface area (Å²) >= 11 is 0. The van der Waals surface area contributed by atoms with Crippen molar-refractivity contribution >= 4 is 22.5 Å². The molecule has 2 aromatic heterocycles. The standard InChI is InChI=1S/C20H21N5O2/c26-19(23-18-7-3-4-10-21-18)15-8-11-24(12-9-15)14-25-20(27)17-6-2-1-5-16(17)13-22-25/h1-7,10,13,15H,8-9,11-12,14H2,(H,21,23,26). The molecular weight excluding hydrogens is 342 g/mol. The van der Waals surface area contributed by atoms with Crippen molar-refractivity contribution in [3.05, 3.63) is 65.2 Å². The second-order valence-electron chi connectivity index (χ2n) is 6.77. The van der Waals surface area contributed by atoms with Crippen LogP contribution < -0.4 is 10.9 Å². The van der Waals surface area contributed by atoms with Gasteiger partial charge in [0, 0.05) is 30.6 Å². The van der Waals surface area contributed by atoms with Crippen LogP contribution in [0, 0.1) is 5.92 Å². The van der Waals surface area contributed by atoms with E-state index < -0.39 is 0 Å². The van der Waals surface area contributed by atoms with E-state index in [2.05, 4.69) is 20.3 Å². The molecule has 1 aliphatic heterocycles. The van der Waals surface area contributed by atoms with Gasteiger partial charge in [0.1, 0.15) is 5.82 Å². The zero-order valence-corrected chi connectivity index (χ0v) is 14.9. The maximum absolute atomic E-state index is 12.6. The Hall–Kier alpha value is -3.06. The summed E-state index contributed by atoms with van der Waals surface area (Å²) in [6.45, 7) is 1.95.